The summed E-state index contributed by atoms with van der Waals surface area (Å²) in [6, 6.07) is 0.257. The average Bonchev–Trinajstić information content (AvgIpc) is 2.85. The van der Waals surface area contributed by atoms with Gasteiger partial charge in [-0.15, -0.1) is 0 Å². The average molecular weight is 384 g/mol. The smallest absolute Gasteiger partial charge is 0.322 e. The molecule has 1 rings (SSSR count). The predicted octanol–water partition coefficient (Wildman–Crippen LogP) is 0.407. The van der Waals surface area contributed by atoms with Gasteiger partial charge in [0.1, 0.15) is 12.6 Å². The van der Waals surface area contributed by atoms with Crippen LogP contribution in [0.4, 0.5) is 0 Å². The summed E-state index contributed by atoms with van der Waals surface area (Å²) in [6.07, 6.45) is 4.06. The molecule has 0 unspecified atom stereocenters. The number of esters is 1. The summed E-state index contributed by atoms with van der Waals surface area (Å²) in [4.78, 5) is 47.1. The van der Waals surface area contributed by atoms with Gasteiger partial charge in [-0.3, -0.25) is 24.1 Å². The van der Waals surface area contributed by atoms with Crippen molar-refractivity contribution in [2.24, 2.45) is 5.73 Å². The number of nitrogens with two attached hydrogens (primary N) is 1. The van der Waals surface area contributed by atoms with Crippen molar-refractivity contribution >= 4 is 31.8 Å². The molecule has 8 nitrogen and oxygen atoms in total. The van der Waals surface area contributed by atoms with Crippen molar-refractivity contribution in [3.05, 3.63) is 12.2 Å². The standard InChI is InChI=1S/C17H29N3O5Si/c1-26(2,3)11-10-25-17(24)13(18)6-4-5-9-19-14(21)12-20-15(22)7-8-16(20)23/h7-8,13H,4-6,9-12,18H2,1-3H3,(H,19,21)/t13-/m1/s1. The molecule has 0 fully saturated rings. The molecular weight excluding hydrogens is 354 g/mol. The highest BCUT2D eigenvalue weighted by Gasteiger charge is 2.25. The molecule has 1 aliphatic heterocycles. The van der Waals surface area contributed by atoms with Gasteiger partial charge in [0.2, 0.25) is 5.91 Å². The number of hydrogen-bond donors (Lipinski definition) is 2. The summed E-state index contributed by atoms with van der Waals surface area (Å²) in [5, 5.41) is 2.64. The minimum atomic E-state index is -1.24. The Morgan fingerprint density at radius 1 is 1.19 bits per heavy atom. The van der Waals surface area contributed by atoms with Gasteiger partial charge in [-0.05, 0) is 25.3 Å². The van der Waals surface area contributed by atoms with E-state index in [2.05, 4.69) is 25.0 Å². The topological polar surface area (TPSA) is 119 Å². The Hall–Kier alpha value is -2.00. The van der Waals surface area contributed by atoms with Crippen LogP contribution in [0.1, 0.15) is 19.3 Å². The zero-order valence-electron chi connectivity index (χ0n) is 15.7. The molecule has 0 aliphatic carbocycles. The molecule has 9 heteroatoms. The zero-order valence-corrected chi connectivity index (χ0v) is 16.7. The lowest BCUT2D eigenvalue weighted by molar-refractivity contribution is -0.145. The Kier molecular flexibility index (Phi) is 8.66. The normalized spacial score (nSPS) is 15.3. The molecule has 26 heavy (non-hydrogen) atoms. The van der Waals surface area contributed by atoms with Crippen LogP contribution in [-0.2, 0) is 23.9 Å². The number of nitrogens with zero attached hydrogens (tertiary/aromatic N) is 1. The molecule has 1 aliphatic rings. The molecule has 0 aromatic rings. The lowest BCUT2D eigenvalue weighted by atomic mass is 10.1. The van der Waals surface area contributed by atoms with Crippen LogP contribution in [0.3, 0.4) is 0 Å². The molecule has 0 aromatic carbocycles. The van der Waals surface area contributed by atoms with Crippen LogP contribution in [0.2, 0.25) is 25.7 Å². The molecule has 1 heterocycles. The fourth-order valence-corrected chi connectivity index (χ4v) is 2.90. The first-order valence-corrected chi connectivity index (χ1v) is 12.5. The number of amides is 3. The summed E-state index contributed by atoms with van der Waals surface area (Å²) in [5.74, 6) is -1.75. The Balaban J connectivity index is 2.10. The minimum absolute atomic E-state index is 0.284. The van der Waals surface area contributed by atoms with E-state index >= 15 is 0 Å². The fourth-order valence-electron chi connectivity index (χ4n) is 2.19. The third kappa shape index (κ3) is 8.39. The van der Waals surface area contributed by atoms with E-state index in [0.717, 1.165) is 23.1 Å². The molecule has 0 radical (unpaired) electrons. The first-order chi connectivity index (χ1) is 12.1. The Bertz CT molecular complexity index is 553. The SMILES string of the molecule is C[Si](C)(C)CCOC(=O)[C@H](N)CCCCNC(=O)CN1C(=O)C=CC1=O. The monoisotopic (exact) mass is 383 g/mol. The molecule has 1 atom stereocenters. The van der Waals surface area contributed by atoms with Gasteiger partial charge in [0, 0.05) is 26.8 Å². The number of rotatable bonds is 11. The number of imide groups is 1. The van der Waals surface area contributed by atoms with E-state index in [9.17, 15) is 19.2 Å². The summed E-state index contributed by atoms with van der Waals surface area (Å²) < 4.78 is 5.20. The van der Waals surface area contributed by atoms with E-state index in [1.165, 1.54) is 0 Å². The number of ether oxygens (including phenoxy) is 1. The van der Waals surface area contributed by atoms with Crippen LogP contribution in [0.15, 0.2) is 12.2 Å². The number of carbonyl (C=O) groups excluding carboxylic acids is 4. The first-order valence-electron chi connectivity index (χ1n) is 8.82. The third-order valence-electron chi connectivity index (χ3n) is 3.87. The van der Waals surface area contributed by atoms with Crippen LogP contribution < -0.4 is 11.1 Å². The number of hydrogen-bond acceptors (Lipinski definition) is 6. The molecule has 0 aromatic heterocycles. The van der Waals surface area contributed by atoms with Gasteiger partial charge < -0.3 is 15.8 Å². The van der Waals surface area contributed by atoms with Crippen LogP contribution in [0.5, 0.6) is 0 Å². The highest BCUT2D eigenvalue weighted by molar-refractivity contribution is 6.76. The van der Waals surface area contributed by atoms with Crippen LogP contribution >= 0.6 is 0 Å². The summed E-state index contributed by atoms with van der Waals surface area (Å²) in [6.45, 7) is 7.15. The van der Waals surface area contributed by atoms with Crippen molar-refractivity contribution in [2.75, 3.05) is 19.7 Å². The largest absolute Gasteiger partial charge is 0.465 e. The van der Waals surface area contributed by atoms with Crippen molar-refractivity contribution in [1.29, 1.82) is 0 Å². The second-order valence-electron chi connectivity index (χ2n) is 7.53. The van der Waals surface area contributed by atoms with E-state index < -0.39 is 31.8 Å². The summed E-state index contributed by atoms with van der Waals surface area (Å²) in [7, 11) is -1.24. The minimum Gasteiger partial charge on any atom is -0.465 e. The zero-order chi connectivity index (χ0) is 19.7. The van der Waals surface area contributed by atoms with E-state index in [1.54, 1.807) is 0 Å². The van der Waals surface area contributed by atoms with Crippen molar-refractivity contribution in [3.63, 3.8) is 0 Å². The highest BCUT2D eigenvalue weighted by Crippen LogP contribution is 2.08. The van der Waals surface area contributed by atoms with Gasteiger partial charge in [-0.1, -0.05) is 19.6 Å². The van der Waals surface area contributed by atoms with Crippen molar-refractivity contribution in [3.8, 4) is 0 Å². The van der Waals surface area contributed by atoms with E-state index in [1.807, 2.05) is 0 Å². The first kappa shape index (κ1) is 22.0. The third-order valence-corrected chi connectivity index (χ3v) is 5.57. The van der Waals surface area contributed by atoms with Crippen molar-refractivity contribution < 1.29 is 23.9 Å². The summed E-state index contributed by atoms with van der Waals surface area (Å²) >= 11 is 0. The van der Waals surface area contributed by atoms with Gasteiger partial charge in [0.15, 0.2) is 0 Å². The molecule has 0 saturated heterocycles. The molecule has 3 N–H and O–H groups in total. The van der Waals surface area contributed by atoms with E-state index in [4.69, 9.17) is 10.5 Å². The number of nitrogens with one attached hydrogen (secondary N) is 1. The number of carbonyl (C=O) groups is 4. The van der Waals surface area contributed by atoms with Gasteiger partial charge >= 0.3 is 5.97 Å². The van der Waals surface area contributed by atoms with E-state index in [0.29, 0.717) is 32.4 Å². The maximum Gasteiger partial charge on any atom is 0.322 e. The second kappa shape index (κ2) is 10.2. The molecular formula is C17H29N3O5Si. The maximum absolute atomic E-state index is 11.8. The number of unbranched alkanes of at least 4 members (excludes halogenated alkanes) is 1. The molecule has 146 valence electrons. The highest BCUT2D eigenvalue weighted by atomic mass is 28.3. The molecule has 0 bridgehead atoms. The Labute approximate surface area is 155 Å². The summed E-state index contributed by atoms with van der Waals surface area (Å²) in [5.41, 5.74) is 5.81. The quantitative estimate of drug-likeness (QED) is 0.231. The maximum atomic E-state index is 11.8. The van der Waals surface area contributed by atoms with Crippen molar-refractivity contribution in [1.82, 2.24) is 10.2 Å². The van der Waals surface area contributed by atoms with Gasteiger partial charge in [-0.25, -0.2) is 0 Å². The Morgan fingerprint density at radius 2 is 1.81 bits per heavy atom. The van der Waals surface area contributed by atoms with Gasteiger partial charge in [-0.2, -0.15) is 0 Å². The van der Waals surface area contributed by atoms with Gasteiger partial charge in [0.25, 0.3) is 11.8 Å². The second-order valence-corrected chi connectivity index (χ2v) is 13.1. The predicted molar refractivity (Wildman–Crippen MR) is 99.8 cm³/mol. The fraction of sp³-hybridized carbons (Fsp3) is 0.647. The van der Waals surface area contributed by atoms with Crippen LogP contribution in [0.25, 0.3) is 0 Å². The van der Waals surface area contributed by atoms with Crippen molar-refractivity contribution in [2.45, 2.75) is 51.0 Å². The molecule has 0 saturated carbocycles. The van der Waals surface area contributed by atoms with Crippen LogP contribution in [0, 0.1) is 0 Å². The van der Waals surface area contributed by atoms with E-state index in [-0.39, 0.29) is 12.5 Å². The van der Waals surface area contributed by atoms with Crippen LogP contribution in [-0.4, -0.2) is 62.4 Å². The van der Waals surface area contributed by atoms with Gasteiger partial charge in [0.05, 0.1) is 6.61 Å². The molecule has 0 spiro atoms. The Morgan fingerprint density at radius 3 is 2.38 bits per heavy atom. The lowest BCUT2D eigenvalue weighted by Crippen LogP contribution is -2.40. The molecule has 3 amide bonds. The lowest BCUT2D eigenvalue weighted by Gasteiger charge is -2.17.